The molecule has 0 aliphatic heterocycles. The monoisotopic (exact) mass is 143 g/mol. The van der Waals surface area contributed by atoms with Gasteiger partial charge in [-0.25, -0.2) is 0 Å². The molecule has 0 amide bonds. The normalized spacial score (nSPS) is 12.0. The Morgan fingerprint density at radius 1 is 1.80 bits per heavy atom. The molecule has 0 aromatic heterocycles. The fourth-order valence-electron chi connectivity index (χ4n) is 0.387. The van der Waals surface area contributed by atoms with Crippen molar-refractivity contribution < 1.29 is 15.0 Å². The number of carbonyl (C=O) groups is 1. The van der Waals surface area contributed by atoms with Gasteiger partial charge < -0.3 is 10.2 Å². The van der Waals surface area contributed by atoms with E-state index in [0.29, 0.717) is 0 Å². The number of aliphatic hydroxyl groups is 1. The molecule has 0 rings (SSSR count). The second-order valence-corrected chi connectivity index (χ2v) is 1.68. The number of nitrogens with one attached hydrogen (secondary N) is 1. The van der Waals surface area contributed by atoms with Crippen LogP contribution in [-0.2, 0) is 4.79 Å². The molecule has 0 bridgehead atoms. The lowest BCUT2D eigenvalue weighted by Gasteiger charge is -2.05. The van der Waals surface area contributed by atoms with Crippen LogP contribution in [0.4, 0.5) is 0 Å². The third-order valence-electron chi connectivity index (χ3n) is 0.883. The van der Waals surface area contributed by atoms with Crippen LogP contribution >= 0.6 is 0 Å². The summed E-state index contributed by atoms with van der Waals surface area (Å²) in [5.41, 5.74) is 0. The van der Waals surface area contributed by atoms with Crippen molar-refractivity contribution in [2.24, 2.45) is 0 Å². The van der Waals surface area contributed by atoms with Gasteiger partial charge in [0.1, 0.15) is 0 Å². The van der Waals surface area contributed by atoms with Crippen molar-refractivity contribution in [1.29, 1.82) is 0 Å². The van der Waals surface area contributed by atoms with Crippen LogP contribution in [0.1, 0.15) is 0 Å². The number of hydrogen-bond acceptors (Lipinski definition) is 3. The van der Waals surface area contributed by atoms with Gasteiger partial charge in [-0.05, 0) is 0 Å². The molecule has 0 aliphatic carbocycles. The van der Waals surface area contributed by atoms with Crippen molar-refractivity contribution in [1.82, 2.24) is 5.32 Å². The molecule has 0 radical (unpaired) electrons. The lowest BCUT2D eigenvalue weighted by atomic mass is 10.3. The molecule has 0 fully saturated rings. The molecule has 0 spiro atoms. The summed E-state index contributed by atoms with van der Waals surface area (Å²) < 4.78 is 0. The zero-order valence-electron chi connectivity index (χ0n) is 5.37. The molecular formula is C6H9NO3. The quantitative estimate of drug-likeness (QED) is 0.426. The highest BCUT2D eigenvalue weighted by molar-refractivity contribution is 5.69. The molecule has 0 heterocycles. The van der Waals surface area contributed by atoms with E-state index in [2.05, 4.69) is 11.2 Å². The topological polar surface area (TPSA) is 69.6 Å². The first-order valence-corrected chi connectivity index (χ1v) is 2.73. The fraction of sp³-hybridized carbons (Fsp3) is 0.500. The summed E-state index contributed by atoms with van der Waals surface area (Å²) >= 11 is 0. The van der Waals surface area contributed by atoms with E-state index < -0.39 is 12.0 Å². The average molecular weight is 143 g/mol. The number of aliphatic hydroxyl groups excluding tert-OH is 1. The molecule has 0 aromatic carbocycles. The molecule has 56 valence electrons. The van der Waals surface area contributed by atoms with Crippen molar-refractivity contribution >= 4 is 5.97 Å². The number of rotatable bonds is 4. The van der Waals surface area contributed by atoms with Crippen LogP contribution in [-0.4, -0.2) is 35.4 Å². The minimum Gasteiger partial charge on any atom is -0.480 e. The lowest BCUT2D eigenvalue weighted by molar-refractivity contribution is -0.136. The largest absolute Gasteiger partial charge is 0.480 e. The van der Waals surface area contributed by atoms with Crippen LogP contribution in [0.3, 0.4) is 0 Å². The molecule has 0 aliphatic rings. The SMILES string of the molecule is C#CC(CO)NCC(=O)O. The number of carboxylic acid groups (broad SMARTS) is 1. The van der Waals surface area contributed by atoms with Crippen LogP contribution in [0.15, 0.2) is 0 Å². The zero-order chi connectivity index (χ0) is 7.98. The molecule has 1 unspecified atom stereocenters. The van der Waals surface area contributed by atoms with Crippen LogP contribution in [0, 0.1) is 12.3 Å². The van der Waals surface area contributed by atoms with Crippen molar-refractivity contribution in [3.63, 3.8) is 0 Å². The summed E-state index contributed by atoms with van der Waals surface area (Å²) in [6.45, 7) is -0.473. The number of aliphatic carboxylic acids is 1. The summed E-state index contributed by atoms with van der Waals surface area (Å²) in [5, 5.41) is 19.0. The Kier molecular flexibility index (Phi) is 4.29. The Hall–Kier alpha value is -1.05. The van der Waals surface area contributed by atoms with Crippen molar-refractivity contribution in [2.45, 2.75) is 6.04 Å². The summed E-state index contributed by atoms with van der Waals surface area (Å²) in [6, 6.07) is -0.559. The molecule has 0 aromatic rings. The minimum atomic E-state index is -0.992. The van der Waals surface area contributed by atoms with E-state index in [1.807, 2.05) is 0 Å². The second kappa shape index (κ2) is 4.79. The van der Waals surface area contributed by atoms with E-state index >= 15 is 0 Å². The average Bonchev–Trinajstić information content (AvgIpc) is 1.90. The molecule has 0 saturated heterocycles. The molecule has 10 heavy (non-hydrogen) atoms. The summed E-state index contributed by atoms with van der Waals surface area (Å²) in [7, 11) is 0. The van der Waals surface area contributed by atoms with Gasteiger partial charge in [0.15, 0.2) is 0 Å². The maximum absolute atomic E-state index is 9.92. The summed E-state index contributed by atoms with van der Waals surface area (Å²) in [4.78, 5) is 9.92. The molecule has 3 N–H and O–H groups in total. The maximum Gasteiger partial charge on any atom is 0.317 e. The van der Waals surface area contributed by atoms with Gasteiger partial charge in [0.25, 0.3) is 0 Å². The second-order valence-electron chi connectivity index (χ2n) is 1.68. The molecular weight excluding hydrogens is 134 g/mol. The maximum atomic E-state index is 9.92. The van der Waals surface area contributed by atoms with Crippen LogP contribution in [0.25, 0.3) is 0 Å². The first kappa shape index (κ1) is 8.95. The minimum absolute atomic E-state index is 0.227. The van der Waals surface area contributed by atoms with Crippen LogP contribution < -0.4 is 5.32 Å². The summed E-state index contributed by atoms with van der Waals surface area (Å²) in [5.74, 6) is 1.19. The van der Waals surface area contributed by atoms with Gasteiger partial charge in [-0.2, -0.15) is 0 Å². The van der Waals surface area contributed by atoms with E-state index in [4.69, 9.17) is 16.6 Å². The van der Waals surface area contributed by atoms with E-state index in [-0.39, 0.29) is 13.2 Å². The Morgan fingerprint density at radius 2 is 2.40 bits per heavy atom. The highest BCUT2D eigenvalue weighted by Crippen LogP contribution is 1.75. The first-order valence-electron chi connectivity index (χ1n) is 2.73. The van der Waals surface area contributed by atoms with E-state index in [0.717, 1.165) is 0 Å². The van der Waals surface area contributed by atoms with Crippen molar-refractivity contribution in [3.05, 3.63) is 0 Å². The van der Waals surface area contributed by atoms with Gasteiger partial charge in [0.2, 0.25) is 0 Å². The fourth-order valence-corrected chi connectivity index (χ4v) is 0.387. The van der Waals surface area contributed by atoms with Crippen LogP contribution in [0.2, 0.25) is 0 Å². The third kappa shape index (κ3) is 3.89. The molecule has 0 saturated carbocycles. The Bertz CT molecular complexity index is 150. The van der Waals surface area contributed by atoms with Crippen molar-refractivity contribution in [3.8, 4) is 12.3 Å². The van der Waals surface area contributed by atoms with Gasteiger partial charge in [-0.1, -0.05) is 5.92 Å². The highest BCUT2D eigenvalue weighted by atomic mass is 16.4. The summed E-state index contributed by atoms with van der Waals surface area (Å²) in [6.07, 6.45) is 4.90. The third-order valence-corrected chi connectivity index (χ3v) is 0.883. The zero-order valence-corrected chi connectivity index (χ0v) is 5.37. The van der Waals surface area contributed by atoms with E-state index in [1.165, 1.54) is 0 Å². The van der Waals surface area contributed by atoms with Gasteiger partial charge >= 0.3 is 5.97 Å². The van der Waals surface area contributed by atoms with Gasteiger partial charge in [-0.15, -0.1) is 6.42 Å². The first-order chi connectivity index (χ1) is 4.70. The Labute approximate surface area is 58.9 Å². The predicted molar refractivity (Wildman–Crippen MR) is 35.3 cm³/mol. The van der Waals surface area contributed by atoms with Gasteiger partial charge in [0, 0.05) is 0 Å². The van der Waals surface area contributed by atoms with Gasteiger partial charge in [0.05, 0.1) is 19.2 Å². The molecule has 1 atom stereocenters. The van der Waals surface area contributed by atoms with Gasteiger partial charge in [-0.3, -0.25) is 10.1 Å². The van der Waals surface area contributed by atoms with E-state index in [9.17, 15) is 4.79 Å². The highest BCUT2D eigenvalue weighted by Gasteiger charge is 2.02. The molecule has 4 heteroatoms. The Morgan fingerprint density at radius 3 is 2.70 bits per heavy atom. The number of carboxylic acids is 1. The standard InChI is InChI=1S/C6H9NO3/c1-2-5(4-8)7-3-6(9)10/h1,5,7-8H,3-4H2,(H,9,10). The smallest absolute Gasteiger partial charge is 0.317 e. The number of terminal acetylenes is 1. The predicted octanol–water partition coefficient (Wildman–Crippen LogP) is -1.35. The number of hydrogen-bond donors (Lipinski definition) is 3. The lowest BCUT2D eigenvalue weighted by Crippen LogP contribution is -2.34. The molecule has 4 nitrogen and oxygen atoms in total. The van der Waals surface area contributed by atoms with Crippen molar-refractivity contribution in [2.75, 3.05) is 13.2 Å². The van der Waals surface area contributed by atoms with E-state index in [1.54, 1.807) is 0 Å². The van der Waals surface area contributed by atoms with Crippen LogP contribution in [0.5, 0.6) is 0 Å². The Balaban J connectivity index is 3.47.